The summed E-state index contributed by atoms with van der Waals surface area (Å²) in [5.41, 5.74) is 8.77. The van der Waals surface area contributed by atoms with Crippen LogP contribution in [0.3, 0.4) is 0 Å². The first-order valence-electron chi connectivity index (χ1n) is 6.22. The number of aliphatic hydroxyl groups is 1. The standard InChI is InChI=1S/C14H21NOS/c1-9-3-6-12(7-10(9)2)17-13(8-16)14(15)11-4-5-11/h3,6-7,11,13-14,16H,4-5,8,15H2,1-2H3. The monoisotopic (exact) mass is 251 g/mol. The SMILES string of the molecule is Cc1ccc(SC(CO)C(N)C2CC2)cc1C. The lowest BCUT2D eigenvalue weighted by atomic mass is 10.1. The van der Waals surface area contributed by atoms with Crippen molar-refractivity contribution in [2.24, 2.45) is 11.7 Å². The van der Waals surface area contributed by atoms with Crippen molar-refractivity contribution < 1.29 is 5.11 Å². The van der Waals surface area contributed by atoms with Gasteiger partial charge in [-0.3, -0.25) is 0 Å². The highest BCUT2D eigenvalue weighted by atomic mass is 32.2. The van der Waals surface area contributed by atoms with E-state index in [4.69, 9.17) is 5.73 Å². The zero-order chi connectivity index (χ0) is 12.4. The Bertz CT molecular complexity index is 390. The number of thioether (sulfide) groups is 1. The maximum absolute atomic E-state index is 9.46. The highest BCUT2D eigenvalue weighted by molar-refractivity contribution is 8.00. The first-order valence-corrected chi connectivity index (χ1v) is 7.10. The molecule has 1 aromatic carbocycles. The van der Waals surface area contributed by atoms with Gasteiger partial charge in [-0.2, -0.15) is 0 Å². The predicted molar refractivity (Wildman–Crippen MR) is 73.3 cm³/mol. The van der Waals surface area contributed by atoms with Crippen LogP contribution < -0.4 is 5.73 Å². The minimum Gasteiger partial charge on any atom is -0.395 e. The molecule has 2 rings (SSSR count). The lowest BCUT2D eigenvalue weighted by Gasteiger charge is -2.21. The Morgan fingerprint density at radius 3 is 2.59 bits per heavy atom. The largest absolute Gasteiger partial charge is 0.395 e. The average molecular weight is 251 g/mol. The summed E-state index contributed by atoms with van der Waals surface area (Å²) in [4.78, 5) is 1.21. The predicted octanol–water partition coefficient (Wildman–Crippen LogP) is 2.49. The van der Waals surface area contributed by atoms with E-state index in [1.54, 1.807) is 11.8 Å². The number of benzene rings is 1. The molecule has 1 aromatic rings. The van der Waals surface area contributed by atoms with E-state index >= 15 is 0 Å². The summed E-state index contributed by atoms with van der Waals surface area (Å²) in [6.07, 6.45) is 2.45. The van der Waals surface area contributed by atoms with E-state index in [1.807, 2.05) is 0 Å². The van der Waals surface area contributed by atoms with Gasteiger partial charge in [-0.1, -0.05) is 6.07 Å². The Labute approximate surface area is 108 Å². The third kappa shape index (κ3) is 3.24. The summed E-state index contributed by atoms with van der Waals surface area (Å²) in [5.74, 6) is 0.631. The molecule has 2 unspecified atom stereocenters. The molecule has 17 heavy (non-hydrogen) atoms. The first kappa shape index (κ1) is 12.9. The van der Waals surface area contributed by atoms with Crippen molar-refractivity contribution in [3.8, 4) is 0 Å². The van der Waals surface area contributed by atoms with Crippen LogP contribution in [-0.2, 0) is 0 Å². The molecular weight excluding hydrogens is 230 g/mol. The third-order valence-electron chi connectivity index (χ3n) is 3.54. The van der Waals surface area contributed by atoms with Gasteiger partial charge in [0.2, 0.25) is 0 Å². The normalized spacial score (nSPS) is 19.1. The zero-order valence-corrected chi connectivity index (χ0v) is 11.3. The van der Waals surface area contributed by atoms with Gasteiger partial charge in [-0.25, -0.2) is 0 Å². The molecule has 0 saturated heterocycles. The van der Waals surface area contributed by atoms with Crippen LogP contribution in [-0.4, -0.2) is 23.0 Å². The van der Waals surface area contributed by atoms with Crippen molar-refractivity contribution in [1.29, 1.82) is 0 Å². The molecule has 1 fully saturated rings. The number of nitrogens with two attached hydrogens (primary N) is 1. The van der Waals surface area contributed by atoms with Gasteiger partial charge in [0.05, 0.1) is 6.61 Å². The van der Waals surface area contributed by atoms with E-state index in [2.05, 4.69) is 32.0 Å². The molecule has 94 valence electrons. The molecule has 0 aliphatic heterocycles. The molecule has 2 nitrogen and oxygen atoms in total. The van der Waals surface area contributed by atoms with Crippen LogP contribution >= 0.6 is 11.8 Å². The summed E-state index contributed by atoms with van der Waals surface area (Å²) in [5, 5.41) is 9.59. The second-order valence-electron chi connectivity index (χ2n) is 5.00. The molecule has 3 N–H and O–H groups in total. The molecule has 0 bridgehead atoms. The Balaban J connectivity index is 2.04. The van der Waals surface area contributed by atoms with Crippen LogP contribution in [0.4, 0.5) is 0 Å². The van der Waals surface area contributed by atoms with Crippen LogP contribution in [0.15, 0.2) is 23.1 Å². The van der Waals surface area contributed by atoms with Gasteiger partial charge >= 0.3 is 0 Å². The smallest absolute Gasteiger partial charge is 0.0568 e. The van der Waals surface area contributed by atoms with E-state index in [-0.39, 0.29) is 17.9 Å². The Morgan fingerprint density at radius 1 is 1.35 bits per heavy atom. The topological polar surface area (TPSA) is 46.2 Å². The fourth-order valence-electron chi connectivity index (χ4n) is 1.98. The number of aliphatic hydroxyl groups excluding tert-OH is 1. The van der Waals surface area contributed by atoms with Gasteiger partial charge in [-0.05, 0) is 55.9 Å². The summed E-state index contributed by atoms with van der Waals surface area (Å²) >= 11 is 1.71. The van der Waals surface area contributed by atoms with Crippen molar-refractivity contribution in [3.05, 3.63) is 29.3 Å². The number of aryl methyl sites for hydroxylation is 2. The van der Waals surface area contributed by atoms with Crippen molar-refractivity contribution in [2.75, 3.05) is 6.61 Å². The van der Waals surface area contributed by atoms with Crippen molar-refractivity contribution in [1.82, 2.24) is 0 Å². The minimum atomic E-state index is 0.129. The molecule has 0 heterocycles. The van der Waals surface area contributed by atoms with Gasteiger partial charge in [-0.15, -0.1) is 11.8 Å². The van der Waals surface area contributed by atoms with Crippen LogP contribution in [0.5, 0.6) is 0 Å². The van der Waals surface area contributed by atoms with Gasteiger partial charge in [0.25, 0.3) is 0 Å². The molecule has 3 heteroatoms. The molecule has 0 amide bonds. The highest BCUT2D eigenvalue weighted by Gasteiger charge is 2.34. The average Bonchev–Trinajstić information content (AvgIpc) is 3.13. The van der Waals surface area contributed by atoms with Crippen molar-refractivity contribution >= 4 is 11.8 Å². The van der Waals surface area contributed by atoms with Crippen molar-refractivity contribution in [2.45, 2.75) is 42.9 Å². The van der Waals surface area contributed by atoms with Crippen molar-refractivity contribution in [3.63, 3.8) is 0 Å². The quantitative estimate of drug-likeness (QED) is 0.790. The molecular formula is C14H21NOS. The minimum absolute atomic E-state index is 0.129. The van der Waals surface area contributed by atoms with Crippen LogP contribution in [0, 0.1) is 19.8 Å². The zero-order valence-electron chi connectivity index (χ0n) is 10.5. The van der Waals surface area contributed by atoms with E-state index in [9.17, 15) is 5.11 Å². The van der Waals surface area contributed by atoms with Crippen LogP contribution in [0.25, 0.3) is 0 Å². The maximum Gasteiger partial charge on any atom is 0.0568 e. The molecule has 0 radical (unpaired) electrons. The fourth-order valence-corrected chi connectivity index (χ4v) is 3.18. The highest BCUT2D eigenvalue weighted by Crippen LogP contribution is 2.37. The third-order valence-corrected chi connectivity index (χ3v) is 4.83. The van der Waals surface area contributed by atoms with Gasteiger partial charge < -0.3 is 10.8 Å². The second-order valence-corrected chi connectivity index (χ2v) is 6.31. The van der Waals surface area contributed by atoms with Gasteiger partial charge in [0.1, 0.15) is 0 Å². The molecule has 1 aliphatic rings. The summed E-state index contributed by atoms with van der Waals surface area (Å²) in [6.45, 7) is 4.40. The number of rotatable bonds is 5. The summed E-state index contributed by atoms with van der Waals surface area (Å²) < 4.78 is 0. The molecule has 1 saturated carbocycles. The summed E-state index contributed by atoms with van der Waals surface area (Å²) in [7, 11) is 0. The van der Waals surface area contributed by atoms with E-state index in [0.717, 1.165) is 0 Å². The Hall–Kier alpha value is -0.510. The van der Waals surface area contributed by atoms with Crippen LogP contribution in [0.1, 0.15) is 24.0 Å². The molecule has 1 aliphatic carbocycles. The lowest BCUT2D eigenvalue weighted by molar-refractivity contribution is 0.277. The summed E-state index contributed by atoms with van der Waals surface area (Å²) in [6, 6.07) is 6.57. The fraction of sp³-hybridized carbons (Fsp3) is 0.571. The molecule has 0 spiro atoms. The van der Waals surface area contributed by atoms with E-state index in [1.165, 1.54) is 28.9 Å². The molecule has 0 aromatic heterocycles. The van der Waals surface area contributed by atoms with E-state index in [0.29, 0.717) is 5.92 Å². The van der Waals surface area contributed by atoms with E-state index < -0.39 is 0 Å². The number of hydrogen-bond acceptors (Lipinski definition) is 3. The van der Waals surface area contributed by atoms with Gasteiger partial charge in [0.15, 0.2) is 0 Å². The number of hydrogen-bond donors (Lipinski definition) is 2. The Kier molecular flexibility index (Phi) is 4.13. The van der Waals surface area contributed by atoms with Gasteiger partial charge in [0, 0.05) is 16.2 Å². The second kappa shape index (κ2) is 5.42. The van der Waals surface area contributed by atoms with Crippen LogP contribution in [0.2, 0.25) is 0 Å². The maximum atomic E-state index is 9.46. The molecule has 2 atom stereocenters. The first-order chi connectivity index (χ1) is 8.11. The Morgan fingerprint density at radius 2 is 2.06 bits per heavy atom. The lowest BCUT2D eigenvalue weighted by Crippen LogP contribution is -2.36.